The molecule has 31 heavy (non-hydrogen) atoms. The molecular formula is C25H20O6. The van der Waals surface area contributed by atoms with Crippen molar-refractivity contribution in [2.24, 2.45) is 0 Å². The molecule has 0 aliphatic carbocycles. The summed E-state index contributed by atoms with van der Waals surface area (Å²) in [4.78, 5) is 25.4. The first-order valence-corrected chi connectivity index (χ1v) is 9.58. The van der Waals surface area contributed by atoms with Crippen LogP contribution in [0.3, 0.4) is 0 Å². The molecule has 3 aromatic carbocycles. The van der Waals surface area contributed by atoms with Gasteiger partial charge in [-0.1, -0.05) is 24.3 Å². The van der Waals surface area contributed by atoms with Crippen LogP contribution in [0.1, 0.15) is 31.8 Å². The number of ether oxygens (including phenoxy) is 4. The van der Waals surface area contributed by atoms with E-state index in [1.54, 1.807) is 62.6 Å². The highest BCUT2D eigenvalue weighted by molar-refractivity contribution is 6.15. The Kier molecular flexibility index (Phi) is 5.45. The quantitative estimate of drug-likeness (QED) is 0.336. The standard InChI is InChI=1S/C25H20O6/c1-15-11-19(30-25(27)17-8-6-9-18(12-17)28-2)14-21-23(15)24(26)22(31-21)13-16-7-4-5-10-20(16)29-3/h4-14H,1-3H3/b22-13-. The zero-order valence-electron chi connectivity index (χ0n) is 17.3. The maximum atomic E-state index is 12.9. The van der Waals surface area contributed by atoms with Crippen LogP contribution in [0.2, 0.25) is 0 Å². The number of methoxy groups -OCH3 is 2. The Labute approximate surface area is 179 Å². The zero-order valence-corrected chi connectivity index (χ0v) is 17.3. The third-order valence-corrected chi connectivity index (χ3v) is 4.89. The van der Waals surface area contributed by atoms with Gasteiger partial charge in [0, 0.05) is 11.6 Å². The number of hydrogen-bond acceptors (Lipinski definition) is 6. The molecule has 0 atom stereocenters. The third-order valence-electron chi connectivity index (χ3n) is 4.89. The Hall–Kier alpha value is -4.06. The van der Waals surface area contributed by atoms with E-state index in [-0.39, 0.29) is 17.3 Å². The highest BCUT2D eigenvalue weighted by atomic mass is 16.5. The summed E-state index contributed by atoms with van der Waals surface area (Å²) in [5.41, 5.74) is 2.18. The summed E-state index contributed by atoms with van der Waals surface area (Å²) < 4.78 is 21.8. The lowest BCUT2D eigenvalue weighted by atomic mass is 10.0. The van der Waals surface area contributed by atoms with Crippen molar-refractivity contribution in [2.75, 3.05) is 14.2 Å². The number of carbonyl (C=O) groups excluding carboxylic acids is 2. The van der Waals surface area contributed by atoms with E-state index in [1.165, 1.54) is 7.11 Å². The number of ketones is 1. The fraction of sp³-hybridized carbons (Fsp3) is 0.120. The number of fused-ring (bicyclic) bond motifs is 1. The molecule has 0 saturated carbocycles. The molecule has 0 radical (unpaired) electrons. The smallest absolute Gasteiger partial charge is 0.343 e. The molecule has 0 spiro atoms. The summed E-state index contributed by atoms with van der Waals surface area (Å²) >= 11 is 0. The van der Waals surface area contributed by atoms with Gasteiger partial charge >= 0.3 is 5.97 Å². The summed E-state index contributed by atoms with van der Waals surface area (Å²) in [6.07, 6.45) is 1.64. The molecule has 0 aromatic heterocycles. The molecule has 1 heterocycles. The van der Waals surface area contributed by atoms with Crippen molar-refractivity contribution in [1.82, 2.24) is 0 Å². The summed E-state index contributed by atoms with van der Waals surface area (Å²) in [6, 6.07) is 17.2. The molecular weight excluding hydrogens is 396 g/mol. The van der Waals surface area contributed by atoms with E-state index in [1.807, 2.05) is 18.2 Å². The molecule has 4 rings (SSSR count). The predicted octanol–water partition coefficient (Wildman–Crippen LogP) is 4.85. The molecule has 0 N–H and O–H groups in total. The Bertz CT molecular complexity index is 1210. The van der Waals surface area contributed by atoms with E-state index in [9.17, 15) is 9.59 Å². The van der Waals surface area contributed by atoms with Crippen LogP contribution in [0.15, 0.2) is 66.4 Å². The van der Waals surface area contributed by atoms with Gasteiger partial charge in [-0.2, -0.15) is 0 Å². The number of allylic oxidation sites excluding steroid dienone is 1. The van der Waals surface area contributed by atoms with Crippen molar-refractivity contribution in [3.05, 3.63) is 88.7 Å². The van der Waals surface area contributed by atoms with Crippen LogP contribution in [-0.2, 0) is 0 Å². The lowest BCUT2D eigenvalue weighted by molar-refractivity contribution is 0.0734. The molecule has 1 aliphatic heterocycles. The maximum absolute atomic E-state index is 12.9. The molecule has 0 bridgehead atoms. The molecule has 0 unspecified atom stereocenters. The molecule has 1 aliphatic rings. The lowest BCUT2D eigenvalue weighted by Crippen LogP contribution is -2.09. The van der Waals surface area contributed by atoms with Crippen molar-refractivity contribution in [1.29, 1.82) is 0 Å². The van der Waals surface area contributed by atoms with Crippen molar-refractivity contribution >= 4 is 17.8 Å². The van der Waals surface area contributed by atoms with Gasteiger partial charge in [0.25, 0.3) is 0 Å². The van der Waals surface area contributed by atoms with Crippen LogP contribution in [-0.4, -0.2) is 26.0 Å². The number of esters is 1. The number of hydrogen-bond donors (Lipinski definition) is 0. The van der Waals surface area contributed by atoms with Crippen LogP contribution < -0.4 is 18.9 Å². The first-order chi connectivity index (χ1) is 15.0. The molecule has 6 heteroatoms. The van der Waals surface area contributed by atoms with E-state index in [2.05, 4.69) is 0 Å². The average molecular weight is 416 g/mol. The van der Waals surface area contributed by atoms with Gasteiger partial charge < -0.3 is 18.9 Å². The maximum Gasteiger partial charge on any atom is 0.343 e. The molecule has 3 aromatic rings. The van der Waals surface area contributed by atoms with Gasteiger partial charge in [-0.25, -0.2) is 4.79 Å². The lowest BCUT2D eigenvalue weighted by Gasteiger charge is -2.08. The minimum absolute atomic E-state index is 0.180. The van der Waals surface area contributed by atoms with Crippen LogP contribution in [0.5, 0.6) is 23.0 Å². The molecule has 156 valence electrons. The van der Waals surface area contributed by atoms with Gasteiger partial charge in [0.2, 0.25) is 5.78 Å². The van der Waals surface area contributed by atoms with E-state index < -0.39 is 5.97 Å². The fourth-order valence-corrected chi connectivity index (χ4v) is 3.38. The van der Waals surface area contributed by atoms with E-state index in [0.29, 0.717) is 33.9 Å². The largest absolute Gasteiger partial charge is 0.497 e. The van der Waals surface area contributed by atoms with Crippen LogP contribution >= 0.6 is 0 Å². The topological polar surface area (TPSA) is 71.1 Å². The number of aryl methyl sites for hydroxylation is 1. The number of para-hydroxylation sites is 1. The highest BCUT2D eigenvalue weighted by Gasteiger charge is 2.30. The summed E-state index contributed by atoms with van der Waals surface area (Å²) in [5.74, 6) is 1.23. The second kappa shape index (κ2) is 8.36. The van der Waals surface area contributed by atoms with Gasteiger partial charge in [-0.05, 0) is 48.9 Å². The number of Topliss-reactive ketones (excluding diaryl/α,β-unsaturated/α-hetero) is 1. The van der Waals surface area contributed by atoms with Crippen molar-refractivity contribution < 1.29 is 28.5 Å². The van der Waals surface area contributed by atoms with Crippen LogP contribution in [0.25, 0.3) is 6.08 Å². The Morgan fingerprint density at radius 3 is 2.52 bits per heavy atom. The minimum Gasteiger partial charge on any atom is -0.497 e. The number of benzene rings is 3. The number of rotatable bonds is 5. The molecule has 6 nitrogen and oxygen atoms in total. The third kappa shape index (κ3) is 4.00. The SMILES string of the molecule is COc1cccc(C(=O)Oc2cc(C)c3c(c2)O/C(=C\c2ccccc2OC)C3=O)c1. The Balaban J connectivity index is 1.61. The van der Waals surface area contributed by atoms with Gasteiger partial charge in [-0.15, -0.1) is 0 Å². The van der Waals surface area contributed by atoms with Crippen molar-refractivity contribution in [3.63, 3.8) is 0 Å². The van der Waals surface area contributed by atoms with Gasteiger partial charge in [0.05, 0.1) is 25.3 Å². The molecule has 0 saturated heterocycles. The van der Waals surface area contributed by atoms with Crippen molar-refractivity contribution in [2.45, 2.75) is 6.92 Å². The first-order valence-electron chi connectivity index (χ1n) is 9.58. The first kappa shape index (κ1) is 20.2. The van der Waals surface area contributed by atoms with E-state index >= 15 is 0 Å². The molecule has 0 fully saturated rings. The second-order valence-corrected chi connectivity index (χ2v) is 6.92. The van der Waals surface area contributed by atoms with Gasteiger partial charge in [0.15, 0.2) is 5.76 Å². The Morgan fingerprint density at radius 2 is 1.74 bits per heavy atom. The average Bonchev–Trinajstić information content (AvgIpc) is 3.09. The monoisotopic (exact) mass is 416 g/mol. The predicted molar refractivity (Wildman–Crippen MR) is 115 cm³/mol. The summed E-state index contributed by atoms with van der Waals surface area (Å²) in [7, 11) is 3.09. The van der Waals surface area contributed by atoms with E-state index in [0.717, 1.165) is 5.56 Å². The minimum atomic E-state index is -0.535. The summed E-state index contributed by atoms with van der Waals surface area (Å²) in [6.45, 7) is 1.77. The van der Waals surface area contributed by atoms with Crippen molar-refractivity contribution in [3.8, 4) is 23.0 Å². The molecule has 0 amide bonds. The van der Waals surface area contributed by atoms with Crippen LogP contribution in [0, 0.1) is 6.92 Å². The number of carbonyl (C=O) groups is 2. The fourth-order valence-electron chi connectivity index (χ4n) is 3.38. The highest BCUT2D eigenvalue weighted by Crippen LogP contribution is 2.38. The van der Waals surface area contributed by atoms with Gasteiger partial charge in [0.1, 0.15) is 23.0 Å². The Morgan fingerprint density at radius 1 is 0.935 bits per heavy atom. The summed E-state index contributed by atoms with van der Waals surface area (Å²) in [5, 5.41) is 0. The van der Waals surface area contributed by atoms with Crippen LogP contribution in [0.4, 0.5) is 0 Å². The second-order valence-electron chi connectivity index (χ2n) is 6.92. The zero-order chi connectivity index (χ0) is 22.0. The van der Waals surface area contributed by atoms with E-state index in [4.69, 9.17) is 18.9 Å². The van der Waals surface area contributed by atoms with Gasteiger partial charge in [-0.3, -0.25) is 4.79 Å². The normalized spacial score (nSPS) is 13.5.